The summed E-state index contributed by atoms with van der Waals surface area (Å²) in [7, 11) is 0. The van der Waals surface area contributed by atoms with Crippen LogP contribution in [-0.2, 0) is 9.59 Å². The van der Waals surface area contributed by atoms with Crippen LogP contribution in [-0.4, -0.2) is 70.3 Å². The van der Waals surface area contributed by atoms with E-state index in [1.165, 1.54) is 25.0 Å². The van der Waals surface area contributed by atoms with Gasteiger partial charge < -0.3 is 15.5 Å². The second-order valence-corrected chi connectivity index (χ2v) is 10.1. The molecule has 2 amide bonds. The molecule has 3 saturated heterocycles. The van der Waals surface area contributed by atoms with Gasteiger partial charge in [-0.05, 0) is 55.7 Å². The molecule has 2 N–H and O–H groups in total. The largest absolute Gasteiger partial charge is 0.330 e. The Labute approximate surface area is 194 Å². The normalized spacial score (nSPS) is 29.6. The van der Waals surface area contributed by atoms with Crippen molar-refractivity contribution in [3.8, 4) is 6.07 Å². The van der Waals surface area contributed by atoms with E-state index in [9.17, 15) is 19.2 Å². The number of rotatable bonds is 6. The molecule has 3 heterocycles. The highest BCUT2D eigenvalue weighted by Crippen LogP contribution is 2.45. The molecular formula is C25H32FN5O2. The Kier molecular flexibility index (Phi) is 6.11. The van der Waals surface area contributed by atoms with Gasteiger partial charge in [0.15, 0.2) is 0 Å². The Hall–Kier alpha value is -2.50. The molecule has 5 atom stereocenters. The summed E-state index contributed by atoms with van der Waals surface area (Å²) in [6.45, 7) is 1.60. The summed E-state index contributed by atoms with van der Waals surface area (Å²) in [5.74, 6) is 0.0401. The molecule has 1 aromatic rings. The fraction of sp³-hybridized carbons (Fsp3) is 0.640. The maximum absolute atomic E-state index is 13.6. The molecule has 0 spiro atoms. The zero-order chi connectivity index (χ0) is 23.1. The van der Waals surface area contributed by atoms with Crippen molar-refractivity contribution < 1.29 is 14.0 Å². The zero-order valence-corrected chi connectivity index (χ0v) is 18.9. The van der Waals surface area contributed by atoms with Crippen LogP contribution in [0.25, 0.3) is 0 Å². The van der Waals surface area contributed by atoms with Gasteiger partial charge in [0.1, 0.15) is 11.9 Å². The van der Waals surface area contributed by atoms with Crippen LogP contribution < -0.4 is 5.73 Å². The highest BCUT2D eigenvalue weighted by molar-refractivity contribution is 5.87. The van der Waals surface area contributed by atoms with Gasteiger partial charge in [-0.25, -0.2) is 4.39 Å². The van der Waals surface area contributed by atoms with Crippen molar-refractivity contribution in [2.45, 2.75) is 75.2 Å². The quantitative estimate of drug-likeness (QED) is 0.713. The van der Waals surface area contributed by atoms with Crippen LogP contribution in [0.15, 0.2) is 24.3 Å². The lowest BCUT2D eigenvalue weighted by atomic mass is 9.89. The SMILES string of the molecule is N#C[C@@H]1CCCN1C(=O)[C@@H](N)CN1CC2C[C@@H]1C(=O)N2[C@@H](c1ccc(F)cc1)C1CCCC1. The molecule has 5 rings (SSSR count). The number of carbonyl (C=O) groups excluding carboxylic acids is 2. The Morgan fingerprint density at radius 3 is 2.58 bits per heavy atom. The first kappa shape index (κ1) is 22.3. The van der Waals surface area contributed by atoms with Crippen LogP contribution in [0.1, 0.15) is 56.6 Å². The molecule has 2 bridgehead atoms. The first-order chi connectivity index (χ1) is 16.0. The third kappa shape index (κ3) is 4.02. The highest BCUT2D eigenvalue weighted by Gasteiger charge is 2.53. The molecule has 4 fully saturated rings. The van der Waals surface area contributed by atoms with Crippen LogP contribution in [0.5, 0.6) is 0 Å². The molecule has 8 heteroatoms. The van der Waals surface area contributed by atoms with E-state index < -0.39 is 12.1 Å². The third-order valence-corrected chi connectivity index (χ3v) is 8.11. The van der Waals surface area contributed by atoms with Crippen LogP contribution in [0.4, 0.5) is 4.39 Å². The minimum absolute atomic E-state index is 0.0194. The van der Waals surface area contributed by atoms with E-state index in [4.69, 9.17) is 5.73 Å². The van der Waals surface area contributed by atoms with E-state index in [1.54, 1.807) is 4.90 Å². The monoisotopic (exact) mass is 453 g/mol. The van der Waals surface area contributed by atoms with Gasteiger partial charge in [0.05, 0.1) is 24.2 Å². The van der Waals surface area contributed by atoms with E-state index in [2.05, 4.69) is 15.9 Å². The van der Waals surface area contributed by atoms with Crippen molar-refractivity contribution in [2.24, 2.45) is 11.7 Å². The van der Waals surface area contributed by atoms with Crippen LogP contribution >= 0.6 is 0 Å². The highest BCUT2D eigenvalue weighted by atomic mass is 19.1. The molecule has 3 aliphatic heterocycles. The summed E-state index contributed by atoms with van der Waals surface area (Å²) in [5.41, 5.74) is 7.28. The average molecular weight is 454 g/mol. The molecule has 176 valence electrons. The standard InChI is InChI=1S/C25H32FN5O2/c26-18-9-7-17(8-10-18)23(16-4-1-2-5-16)31-20-12-22(25(31)33)29(14-20)15-21(28)24(32)30-11-3-6-19(30)13-27/h7-10,16,19-23H,1-6,11-12,14-15,28H2/t19-,20?,21-,22+,23+/m0/s1. The van der Waals surface area contributed by atoms with Crippen molar-refractivity contribution in [3.05, 3.63) is 35.6 Å². The number of nitriles is 1. The predicted octanol–water partition coefficient (Wildman–Crippen LogP) is 2.18. The number of nitrogens with zero attached hydrogens (tertiary/aromatic N) is 4. The molecule has 1 aliphatic carbocycles. The van der Waals surface area contributed by atoms with E-state index in [-0.39, 0.29) is 35.8 Å². The van der Waals surface area contributed by atoms with Gasteiger partial charge in [-0.1, -0.05) is 25.0 Å². The Balaban J connectivity index is 1.29. The number of nitrogens with two attached hydrogens (primary N) is 1. The molecular weight excluding hydrogens is 421 g/mol. The van der Waals surface area contributed by atoms with E-state index in [1.807, 2.05) is 12.1 Å². The maximum atomic E-state index is 13.6. The first-order valence-electron chi connectivity index (χ1n) is 12.3. The molecule has 0 radical (unpaired) electrons. The number of benzene rings is 1. The van der Waals surface area contributed by atoms with Crippen LogP contribution in [0, 0.1) is 23.1 Å². The number of halogens is 1. The van der Waals surface area contributed by atoms with Gasteiger partial charge in [-0.3, -0.25) is 14.5 Å². The molecule has 7 nitrogen and oxygen atoms in total. The van der Waals surface area contributed by atoms with Crippen molar-refractivity contribution >= 4 is 11.8 Å². The number of amides is 2. The molecule has 0 aromatic heterocycles. The minimum atomic E-state index is -0.734. The maximum Gasteiger partial charge on any atom is 0.241 e. The second-order valence-electron chi connectivity index (χ2n) is 10.1. The predicted molar refractivity (Wildman–Crippen MR) is 120 cm³/mol. The Bertz CT molecular complexity index is 941. The van der Waals surface area contributed by atoms with Crippen molar-refractivity contribution in [2.75, 3.05) is 19.6 Å². The van der Waals surface area contributed by atoms with Gasteiger partial charge in [-0.2, -0.15) is 5.26 Å². The van der Waals surface area contributed by atoms with Gasteiger partial charge in [-0.15, -0.1) is 0 Å². The molecule has 4 aliphatic rings. The number of likely N-dealkylation sites (tertiary alicyclic amines) is 3. The van der Waals surface area contributed by atoms with Crippen LogP contribution in [0.2, 0.25) is 0 Å². The minimum Gasteiger partial charge on any atom is -0.330 e. The number of hydrogen-bond acceptors (Lipinski definition) is 5. The second kappa shape index (κ2) is 9.03. The molecule has 1 aromatic carbocycles. The van der Waals surface area contributed by atoms with E-state index >= 15 is 0 Å². The topological polar surface area (TPSA) is 93.7 Å². The summed E-state index contributed by atoms with van der Waals surface area (Å²) in [5, 5.41) is 9.29. The van der Waals surface area contributed by atoms with Crippen LogP contribution in [0.3, 0.4) is 0 Å². The smallest absolute Gasteiger partial charge is 0.241 e. The Morgan fingerprint density at radius 2 is 1.91 bits per heavy atom. The van der Waals surface area contributed by atoms with Gasteiger partial charge >= 0.3 is 0 Å². The lowest BCUT2D eigenvalue weighted by Crippen LogP contribution is -2.57. The van der Waals surface area contributed by atoms with Gasteiger partial charge in [0, 0.05) is 25.7 Å². The Morgan fingerprint density at radius 1 is 1.18 bits per heavy atom. The summed E-state index contributed by atoms with van der Waals surface area (Å²) in [4.78, 5) is 32.1. The van der Waals surface area contributed by atoms with Crippen molar-refractivity contribution in [1.82, 2.24) is 14.7 Å². The number of hydrogen-bond donors (Lipinski definition) is 1. The van der Waals surface area contributed by atoms with Gasteiger partial charge in [0.25, 0.3) is 0 Å². The third-order valence-electron chi connectivity index (χ3n) is 8.11. The zero-order valence-electron chi connectivity index (χ0n) is 18.9. The molecule has 1 unspecified atom stereocenters. The van der Waals surface area contributed by atoms with E-state index in [0.29, 0.717) is 32.0 Å². The van der Waals surface area contributed by atoms with Crippen molar-refractivity contribution in [3.63, 3.8) is 0 Å². The summed E-state index contributed by atoms with van der Waals surface area (Å²) >= 11 is 0. The summed E-state index contributed by atoms with van der Waals surface area (Å²) < 4.78 is 13.6. The fourth-order valence-electron chi connectivity index (χ4n) is 6.56. The van der Waals surface area contributed by atoms with E-state index in [0.717, 1.165) is 31.2 Å². The lowest BCUT2D eigenvalue weighted by Gasteiger charge is -2.42. The number of fused-ring (bicyclic) bond motifs is 2. The molecule has 1 saturated carbocycles. The average Bonchev–Trinajstić information content (AvgIpc) is 3.60. The number of carbonyl (C=O) groups is 2. The lowest BCUT2D eigenvalue weighted by molar-refractivity contribution is -0.142. The number of piperazine rings is 1. The summed E-state index contributed by atoms with van der Waals surface area (Å²) in [6, 6.07) is 7.49. The first-order valence-corrected chi connectivity index (χ1v) is 12.3. The fourth-order valence-corrected chi connectivity index (χ4v) is 6.56. The molecule has 33 heavy (non-hydrogen) atoms. The summed E-state index contributed by atoms with van der Waals surface area (Å²) in [6.07, 6.45) is 6.77. The van der Waals surface area contributed by atoms with Gasteiger partial charge in [0.2, 0.25) is 11.8 Å². The van der Waals surface area contributed by atoms with Crippen molar-refractivity contribution in [1.29, 1.82) is 5.26 Å².